The molecule has 0 aliphatic carbocycles. The third-order valence-electron chi connectivity index (χ3n) is 1.30. The number of Topliss-reactive ketones (excluding diaryl/α,β-unsaturated/α-hetero) is 1. The molecule has 0 saturated heterocycles. The van der Waals surface area contributed by atoms with Gasteiger partial charge in [0, 0.05) is 39.1 Å². The molecule has 91 valence electrons. The Kier molecular flexibility index (Phi) is 31.9. The molecule has 0 saturated carbocycles. The van der Waals surface area contributed by atoms with E-state index in [4.69, 9.17) is 0 Å². The predicted molar refractivity (Wildman–Crippen MR) is 69.9 cm³/mol. The van der Waals surface area contributed by atoms with E-state index in [-0.39, 0.29) is 45.9 Å². The van der Waals surface area contributed by atoms with Crippen LogP contribution in [0.1, 0.15) is 40.2 Å². The fourth-order valence-electron chi connectivity index (χ4n) is 0.883. The Morgan fingerprint density at radius 3 is 1.69 bits per heavy atom. The average Bonchev–Trinajstić information content (AvgIpc) is 2.24. The first kappa shape index (κ1) is 25.0. The molecule has 0 amide bonds. The molecule has 1 aromatic carbocycles. The monoisotopic (exact) mass is 298 g/mol. The van der Waals surface area contributed by atoms with E-state index in [0.717, 1.165) is 5.56 Å². The average molecular weight is 298 g/mol. The van der Waals surface area contributed by atoms with Crippen molar-refractivity contribution in [2.24, 2.45) is 0 Å². The van der Waals surface area contributed by atoms with Crippen LogP contribution in [0.15, 0.2) is 30.3 Å². The first-order valence-corrected chi connectivity index (χ1v) is 5.32. The van der Waals surface area contributed by atoms with Crippen LogP contribution in [0.5, 0.6) is 0 Å². The van der Waals surface area contributed by atoms with Crippen molar-refractivity contribution in [2.45, 2.75) is 41.0 Å². The van der Waals surface area contributed by atoms with Crippen LogP contribution in [0.3, 0.4) is 0 Å². The van der Waals surface area contributed by atoms with Crippen LogP contribution in [0.2, 0.25) is 0 Å². The summed E-state index contributed by atoms with van der Waals surface area (Å²) in [6.07, 6.45) is 0.556. The number of ketones is 1. The summed E-state index contributed by atoms with van der Waals surface area (Å²) in [6, 6.07) is 9.75. The normalized spacial score (nSPS) is 6.56. The van der Waals surface area contributed by atoms with Crippen LogP contribution in [-0.2, 0) is 43.9 Å². The summed E-state index contributed by atoms with van der Waals surface area (Å²) in [6.45, 7) is 9.60. The summed E-state index contributed by atoms with van der Waals surface area (Å²) in [5, 5.41) is 0. The summed E-state index contributed by atoms with van der Waals surface area (Å²) < 4.78 is 0. The maximum absolute atomic E-state index is 10.6. The smallest absolute Gasteiger partial charge is 0.134 e. The van der Waals surface area contributed by atoms with Crippen LogP contribution in [-0.4, -0.2) is 5.78 Å². The van der Waals surface area contributed by atoms with Gasteiger partial charge < -0.3 is 7.43 Å². The van der Waals surface area contributed by atoms with Gasteiger partial charge in [0.05, 0.1) is 0 Å². The zero-order valence-electron chi connectivity index (χ0n) is 11.6. The number of benzene rings is 1. The number of hydrogen-bond donors (Lipinski definition) is 0. The Labute approximate surface area is 127 Å². The number of hydrogen-bond acceptors (Lipinski definition) is 1. The van der Waals surface area contributed by atoms with E-state index in [0.29, 0.717) is 6.42 Å². The zero-order valence-corrected chi connectivity index (χ0v) is 14.4. The molecule has 0 aliphatic rings. The van der Waals surface area contributed by atoms with Crippen LogP contribution < -0.4 is 0 Å². The molecule has 0 aliphatic heterocycles. The minimum absolute atomic E-state index is 0. The molecule has 1 rings (SSSR count). The van der Waals surface area contributed by atoms with E-state index in [2.05, 4.69) is 0 Å². The van der Waals surface area contributed by atoms with Crippen LogP contribution in [0.4, 0.5) is 0 Å². The van der Waals surface area contributed by atoms with Crippen molar-refractivity contribution in [3.63, 3.8) is 0 Å². The van der Waals surface area contributed by atoms with Gasteiger partial charge in [-0.1, -0.05) is 58.0 Å². The van der Waals surface area contributed by atoms with Crippen molar-refractivity contribution in [3.05, 3.63) is 43.3 Å². The van der Waals surface area contributed by atoms with Crippen molar-refractivity contribution < 1.29 is 37.5 Å². The molecular weight excluding hydrogens is 273 g/mol. The largest absolute Gasteiger partial charge is 0.358 e. The van der Waals surface area contributed by atoms with Gasteiger partial charge in [-0.3, -0.25) is 4.79 Å². The Morgan fingerprint density at radius 1 is 1.00 bits per heavy atom. The van der Waals surface area contributed by atoms with E-state index in [1.165, 1.54) is 0 Å². The van der Waals surface area contributed by atoms with E-state index in [1.54, 1.807) is 6.92 Å². The third kappa shape index (κ3) is 16.4. The van der Waals surface area contributed by atoms with Gasteiger partial charge in [-0.15, -0.1) is 0 Å². The maximum atomic E-state index is 10.6. The standard InChI is InChI=1S/C9H10O.2C2H6.CH3.Y/c1-8(10)7-9-5-3-2-4-6-9;2*1-2;;/h2-6H,7H2,1H3;2*1-2H3;1H3;/q;;;-1;. The van der Waals surface area contributed by atoms with Crippen molar-refractivity contribution >= 4 is 5.78 Å². The zero-order chi connectivity index (χ0) is 11.4. The van der Waals surface area contributed by atoms with Crippen molar-refractivity contribution in [1.29, 1.82) is 0 Å². The summed E-state index contributed by atoms with van der Waals surface area (Å²) in [5.41, 5.74) is 1.09. The first-order valence-electron chi connectivity index (χ1n) is 5.32. The van der Waals surface area contributed by atoms with E-state index >= 15 is 0 Å². The van der Waals surface area contributed by atoms with Crippen LogP contribution >= 0.6 is 0 Å². The summed E-state index contributed by atoms with van der Waals surface area (Å²) >= 11 is 0. The van der Waals surface area contributed by atoms with Gasteiger partial charge in [0.2, 0.25) is 0 Å². The van der Waals surface area contributed by atoms with Gasteiger partial charge in [-0.05, 0) is 12.5 Å². The van der Waals surface area contributed by atoms with Gasteiger partial charge in [-0.25, -0.2) is 0 Å². The Bertz CT molecular complexity index is 219. The second kappa shape index (κ2) is 20.4. The van der Waals surface area contributed by atoms with Gasteiger partial charge in [-0.2, -0.15) is 0 Å². The molecule has 1 radical (unpaired) electrons. The molecule has 1 aromatic rings. The van der Waals surface area contributed by atoms with Crippen molar-refractivity contribution in [3.8, 4) is 0 Å². The number of rotatable bonds is 2. The molecule has 0 fully saturated rings. The van der Waals surface area contributed by atoms with E-state index in [9.17, 15) is 4.79 Å². The summed E-state index contributed by atoms with van der Waals surface area (Å²) in [7, 11) is 0. The molecule has 0 N–H and O–H groups in total. The van der Waals surface area contributed by atoms with Crippen molar-refractivity contribution in [1.82, 2.24) is 0 Å². The Balaban J connectivity index is -0.000000109. The molecule has 0 spiro atoms. The topological polar surface area (TPSA) is 17.1 Å². The summed E-state index contributed by atoms with van der Waals surface area (Å²) in [4.78, 5) is 10.6. The maximum Gasteiger partial charge on any atom is 0.134 e. The van der Waals surface area contributed by atoms with Gasteiger partial charge in [0.1, 0.15) is 5.78 Å². The van der Waals surface area contributed by atoms with E-state index < -0.39 is 0 Å². The summed E-state index contributed by atoms with van der Waals surface area (Å²) in [5.74, 6) is 0.214. The predicted octanol–water partition coefficient (Wildman–Crippen LogP) is 4.32. The molecule has 16 heavy (non-hydrogen) atoms. The molecule has 0 unspecified atom stereocenters. The Morgan fingerprint density at radius 2 is 1.38 bits per heavy atom. The molecule has 0 bridgehead atoms. The fraction of sp³-hybridized carbons (Fsp3) is 0.429. The molecular formula is C14H25OY-. The minimum atomic E-state index is 0. The molecule has 0 heterocycles. The van der Waals surface area contributed by atoms with E-state index in [1.807, 2.05) is 58.0 Å². The fourth-order valence-corrected chi connectivity index (χ4v) is 0.883. The Hall–Kier alpha value is -0.00610. The first-order chi connectivity index (χ1) is 6.79. The molecule has 2 heteroatoms. The molecule has 0 atom stereocenters. The number of carbonyl (C=O) groups excluding carboxylic acids is 1. The minimum Gasteiger partial charge on any atom is -0.358 e. The SMILES string of the molecule is CC.CC.CC(=O)Cc1ccccc1.[CH3-].[Y]. The van der Waals surface area contributed by atoms with Gasteiger partial charge >= 0.3 is 0 Å². The second-order valence-corrected chi connectivity index (χ2v) is 2.36. The number of carbonyl (C=O) groups is 1. The van der Waals surface area contributed by atoms with Gasteiger partial charge in [0.25, 0.3) is 0 Å². The molecule has 0 aromatic heterocycles. The molecule has 1 nitrogen and oxygen atoms in total. The van der Waals surface area contributed by atoms with Crippen LogP contribution in [0, 0.1) is 7.43 Å². The van der Waals surface area contributed by atoms with Crippen LogP contribution in [0.25, 0.3) is 0 Å². The quantitative estimate of drug-likeness (QED) is 0.743. The van der Waals surface area contributed by atoms with Gasteiger partial charge in [0.15, 0.2) is 0 Å². The third-order valence-corrected chi connectivity index (χ3v) is 1.30. The van der Waals surface area contributed by atoms with Crippen molar-refractivity contribution in [2.75, 3.05) is 0 Å². The second-order valence-electron chi connectivity index (χ2n) is 2.36.